The van der Waals surface area contributed by atoms with E-state index in [1.807, 2.05) is 0 Å². The van der Waals surface area contributed by atoms with E-state index in [0.29, 0.717) is 17.3 Å². The van der Waals surface area contributed by atoms with E-state index in [9.17, 15) is 8.42 Å². The zero-order valence-corrected chi connectivity index (χ0v) is 23.1. The molecule has 3 heterocycles. The third-order valence-electron chi connectivity index (χ3n) is 6.43. The summed E-state index contributed by atoms with van der Waals surface area (Å²) < 4.78 is 53.2. The van der Waals surface area contributed by atoms with Crippen LogP contribution in [-0.2, 0) is 19.5 Å². The number of ether oxygens (including phenoxy) is 4. The Morgan fingerprint density at radius 3 is 2.24 bits per heavy atom. The Morgan fingerprint density at radius 2 is 1.68 bits per heavy atom. The third-order valence-corrected chi connectivity index (χ3v) is 8.32. The summed E-state index contributed by atoms with van der Waals surface area (Å²) in [5.74, 6) is 0.783. The van der Waals surface area contributed by atoms with E-state index >= 15 is 0 Å². The van der Waals surface area contributed by atoms with Crippen LogP contribution in [0.25, 0.3) is 5.69 Å². The van der Waals surface area contributed by atoms with Crippen molar-refractivity contribution >= 4 is 27.6 Å². The maximum Gasteiger partial charge on any atom is 0.245 e. The zero-order valence-electron chi connectivity index (χ0n) is 21.5. The summed E-state index contributed by atoms with van der Waals surface area (Å²) in [7, 11) is 1.77. The van der Waals surface area contributed by atoms with Gasteiger partial charge in [-0.05, 0) is 26.2 Å². The van der Waals surface area contributed by atoms with E-state index in [1.165, 1.54) is 51.5 Å². The molecule has 0 spiro atoms. The molecule has 4 rings (SSSR count). The topological polar surface area (TPSA) is 165 Å². The smallest absolute Gasteiger partial charge is 0.245 e. The molecule has 4 atom stereocenters. The van der Waals surface area contributed by atoms with Crippen LogP contribution in [0.1, 0.15) is 49.9 Å². The molecule has 3 aromatic rings. The molecule has 1 aliphatic carbocycles. The van der Waals surface area contributed by atoms with Gasteiger partial charge in [-0.15, -0.1) is 10.2 Å². The summed E-state index contributed by atoms with van der Waals surface area (Å²) in [6, 6.07) is 0. The van der Waals surface area contributed by atoms with Gasteiger partial charge >= 0.3 is 0 Å². The number of hydrogen-bond donors (Lipinski definition) is 1. The molecule has 38 heavy (non-hydrogen) atoms. The highest BCUT2D eigenvalue weighted by molar-refractivity contribution is 7.93. The quantitative estimate of drug-likeness (QED) is 0.359. The highest BCUT2D eigenvalue weighted by Crippen LogP contribution is 2.40. The van der Waals surface area contributed by atoms with E-state index in [4.69, 9.17) is 30.5 Å². The molecule has 1 N–H and O–H groups in total. The molecular formula is C22H29ClN8O6S. The number of nitrogens with zero attached hydrogens (tertiary/aromatic N) is 7. The summed E-state index contributed by atoms with van der Waals surface area (Å²) in [5.41, 5.74) is 0.257. The molecular weight excluding hydrogens is 540 g/mol. The molecule has 0 saturated heterocycles. The van der Waals surface area contributed by atoms with Gasteiger partial charge in [0.2, 0.25) is 27.7 Å². The van der Waals surface area contributed by atoms with Crippen molar-refractivity contribution in [3.05, 3.63) is 35.4 Å². The fourth-order valence-electron chi connectivity index (χ4n) is 4.43. The summed E-state index contributed by atoms with van der Waals surface area (Å²) >= 11 is 5.88. The number of methoxy groups -OCH3 is 4. The lowest BCUT2D eigenvalue weighted by Gasteiger charge is -2.23. The number of nitrogens with one attached hydrogen (secondary N) is 1. The first kappa shape index (κ1) is 27.9. The zero-order chi connectivity index (χ0) is 27.4. The van der Waals surface area contributed by atoms with Gasteiger partial charge in [-0.25, -0.2) is 18.4 Å². The molecule has 0 aromatic carbocycles. The Morgan fingerprint density at radius 1 is 1.03 bits per heavy atom. The van der Waals surface area contributed by atoms with Crippen molar-refractivity contribution in [2.45, 2.75) is 49.6 Å². The van der Waals surface area contributed by atoms with Crippen molar-refractivity contribution in [2.75, 3.05) is 33.2 Å². The van der Waals surface area contributed by atoms with Crippen LogP contribution < -0.4 is 14.2 Å². The maximum absolute atomic E-state index is 13.6. The van der Waals surface area contributed by atoms with Crippen LogP contribution in [0.3, 0.4) is 0 Å². The van der Waals surface area contributed by atoms with Crippen molar-refractivity contribution in [3.63, 3.8) is 0 Å². The van der Waals surface area contributed by atoms with Crippen LogP contribution >= 0.6 is 11.6 Å². The second kappa shape index (κ2) is 11.7. The van der Waals surface area contributed by atoms with E-state index in [0.717, 1.165) is 12.8 Å². The second-order valence-electron chi connectivity index (χ2n) is 8.59. The van der Waals surface area contributed by atoms with E-state index in [2.05, 4.69) is 34.9 Å². The van der Waals surface area contributed by atoms with Crippen LogP contribution in [0.4, 0.5) is 5.95 Å². The van der Waals surface area contributed by atoms with Gasteiger partial charge in [-0.1, -0.05) is 11.6 Å². The largest absolute Gasteiger partial charge is 0.479 e. The lowest BCUT2D eigenvalue weighted by Crippen LogP contribution is -2.33. The maximum atomic E-state index is 13.6. The molecule has 0 radical (unpaired) electrons. The van der Waals surface area contributed by atoms with Gasteiger partial charge in [0, 0.05) is 32.5 Å². The van der Waals surface area contributed by atoms with E-state index < -0.39 is 21.4 Å². The summed E-state index contributed by atoms with van der Waals surface area (Å²) in [5, 5.41) is 7.74. The first-order valence-corrected chi connectivity index (χ1v) is 13.6. The Hall–Kier alpha value is -3.14. The molecule has 0 amide bonds. The first-order chi connectivity index (χ1) is 18.2. The molecule has 206 valence electrons. The minimum atomic E-state index is -4.14. The fourth-order valence-corrected chi connectivity index (χ4v) is 5.66. The summed E-state index contributed by atoms with van der Waals surface area (Å²) in [6.45, 7) is 1.48. The Kier molecular flexibility index (Phi) is 8.60. The summed E-state index contributed by atoms with van der Waals surface area (Å²) in [4.78, 5) is 16.6. The molecule has 0 aliphatic heterocycles. The minimum absolute atomic E-state index is 0.0444. The van der Waals surface area contributed by atoms with Crippen molar-refractivity contribution in [3.8, 4) is 17.4 Å². The Balaban J connectivity index is 1.78. The average Bonchev–Trinajstić information content (AvgIpc) is 3.56. The predicted molar refractivity (Wildman–Crippen MR) is 136 cm³/mol. The number of halogens is 1. The Bertz CT molecular complexity index is 1330. The minimum Gasteiger partial charge on any atom is -0.479 e. The van der Waals surface area contributed by atoms with Crippen molar-refractivity contribution in [2.24, 2.45) is 0 Å². The molecule has 0 bridgehead atoms. The molecule has 2 unspecified atom stereocenters. The van der Waals surface area contributed by atoms with Crippen LogP contribution in [0.15, 0.2) is 18.7 Å². The number of rotatable bonds is 11. The molecule has 14 nitrogen and oxygen atoms in total. The average molecular weight is 569 g/mol. The highest BCUT2D eigenvalue weighted by Gasteiger charge is 2.37. The van der Waals surface area contributed by atoms with E-state index in [-0.39, 0.29) is 41.2 Å². The first-order valence-electron chi connectivity index (χ1n) is 11.7. The highest BCUT2D eigenvalue weighted by atomic mass is 35.5. The van der Waals surface area contributed by atoms with Gasteiger partial charge in [-0.2, -0.15) is 9.97 Å². The number of aromatic nitrogens is 7. The van der Waals surface area contributed by atoms with Crippen molar-refractivity contribution in [1.29, 1.82) is 0 Å². The predicted octanol–water partition coefficient (Wildman–Crippen LogP) is 2.32. The fraction of sp³-hybridized carbons (Fsp3) is 0.545. The van der Waals surface area contributed by atoms with Gasteiger partial charge < -0.3 is 18.9 Å². The van der Waals surface area contributed by atoms with Crippen LogP contribution in [0.5, 0.6) is 11.8 Å². The summed E-state index contributed by atoms with van der Waals surface area (Å²) in [6.07, 6.45) is 5.33. The molecule has 1 aliphatic rings. The monoisotopic (exact) mass is 568 g/mol. The Labute approximate surface area is 225 Å². The van der Waals surface area contributed by atoms with Crippen LogP contribution in [-0.4, -0.2) is 82.9 Å². The lowest BCUT2D eigenvalue weighted by atomic mass is 10.1. The van der Waals surface area contributed by atoms with Gasteiger partial charge in [0.15, 0.2) is 11.5 Å². The number of anilines is 1. The van der Waals surface area contributed by atoms with Gasteiger partial charge in [0.1, 0.15) is 23.5 Å². The SMILES string of the molecule is COc1ncnc(OC)c1-n1c(NS(=O)(=O)C(C)C(OC)c2ncc(Cl)cn2)nnc1[C@@H]1CC[C@@H](OC)C1. The molecule has 1 fully saturated rings. The van der Waals surface area contributed by atoms with Gasteiger partial charge in [0.25, 0.3) is 0 Å². The molecule has 3 aromatic heterocycles. The van der Waals surface area contributed by atoms with E-state index in [1.54, 1.807) is 7.11 Å². The van der Waals surface area contributed by atoms with Crippen LogP contribution in [0, 0.1) is 0 Å². The van der Waals surface area contributed by atoms with Crippen LogP contribution in [0.2, 0.25) is 5.02 Å². The third kappa shape index (κ3) is 5.50. The number of sulfonamides is 1. The normalized spacial score (nSPS) is 19.2. The van der Waals surface area contributed by atoms with Crippen molar-refractivity contribution in [1.82, 2.24) is 34.7 Å². The van der Waals surface area contributed by atoms with Crippen molar-refractivity contribution < 1.29 is 27.4 Å². The number of hydrogen-bond acceptors (Lipinski definition) is 12. The second-order valence-corrected chi connectivity index (χ2v) is 11.1. The molecule has 1 saturated carbocycles. The lowest BCUT2D eigenvalue weighted by molar-refractivity contribution is 0.0950. The standard InChI is InChI=1S/C22H29ClN8O6S/c1-12(17(35-3)18-24-9-14(23)10-25-18)38(32,33)30-22-29-28-19(13-6-7-15(8-13)34-2)31(22)16-20(36-4)26-11-27-21(16)37-5/h9-13,15,17H,6-8H2,1-5H3,(H,29,30)/t12?,13-,15-,17?/m1/s1. The van der Waals surface area contributed by atoms with Gasteiger partial charge in [0.05, 0.1) is 25.3 Å². The molecule has 16 heteroatoms. The van der Waals surface area contributed by atoms with Gasteiger partial charge in [-0.3, -0.25) is 9.29 Å².